The molecule has 5 heteroatoms. The molecular formula is C10H11NO3S. The molecule has 0 N–H and O–H groups in total. The number of aromatic nitrogens is 1. The summed E-state index contributed by atoms with van der Waals surface area (Å²) in [6.07, 6.45) is 2.03. The summed E-state index contributed by atoms with van der Waals surface area (Å²) in [6, 6.07) is 1.70. The summed E-state index contributed by atoms with van der Waals surface area (Å²) < 4.78 is 10.5. The lowest BCUT2D eigenvalue weighted by molar-refractivity contribution is 0.226. The van der Waals surface area contributed by atoms with Gasteiger partial charge in [-0.3, -0.25) is 4.79 Å². The van der Waals surface area contributed by atoms with Crippen molar-refractivity contribution in [2.24, 2.45) is 0 Å². The first-order valence-corrected chi connectivity index (χ1v) is 5.70. The molecule has 80 valence electrons. The van der Waals surface area contributed by atoms with Crippen molar-refractivity contribution in [1.29, 1.82) is 0 Å². The molecule has 2 rings (SSSR count). The van der Waals surface area contributed by atoms with Crippen LogP contribution < -0.4 is 10.3 Å². The lowest BCUT2D eigenvalue weighted by Gasteiger charge is -2.01. The standard InChI is InChI=1S/C10H11NO3S/c1-2-3-5-13-10-11-8(12)7-4-6-15-9(7)14-10/h4,6H,2-3,5H2,1H3. The molecule has 15 heavy (non-hydrogen) atoms. The van der Waals surface area contributed by atoms with Gasteiger partial charge in [0.2, 0.25) is 0 Å². The van der Waals surface area contributed by atoms with Crippen LogP contribution in [0.5, 0.6) is 6.08 Å². The summed E-state index contributed by atoms with van der Waals surface area (Å²) in [5.41, 5.74) is -0.288. The highest BCUT2D eigenvalue weighted by Gasteiger charge is 2.07. The maximum Gasteiger partial charge on any atom is 0.398 e. The van der Waals surface area contributed by atoms with Crippen LogP contribution in [0.4, 0.5) is 0 Å². The Labute approximate surface area is 90.5 Å². The Hall–Kier alpha value is -1.36. The van der Waals surface area contributed by atoms with Crippen molar-refractivity contribution in [3.63, 3.8) is 0 Å². The van der Waals surface area contributed by atoms with Gasteiger partial charge in [0.25, 0.3) is 5.56 Å². The summed E-state index contributed by atoms with van der Waals surface area (Å²) in [5, 5.41) is 2.32. The van der Waals surface area contributed by atoms with Gasteiger partial charge >= 0.3 is 6.08 Å². The maximum atomic E-state index is 11.4. The lowest BCUT2D eigenvalue weighted by atomic mass is 10.4. The van der Waals surface area contributed by atoms with Gasteiger partial charge in [-0.1, -0.05) is 13.3 Å². The van der Waals surface area contributed by atoms with Gasteiger partial charge < -0.3 is 9.15 Å². The van der Waals surface area contributed by atoms with E-state index in [4.69, 9.17) is 9.15 Å². The van der Waals surface area contributed by atoms with Crippen LogP contribution in [0.2, 0.25) is 0 Å². The van der Waals surface area contributed by atoms with E-state index in [1.807, 2.05) is 0 Å². The Morgan fingerprint density at radius 2 is 2.47 bits per heavy atom. The van der Waals surface area contributed by atoms with E-state index in [0.29, 0.717) is 16.9 Å². The van der Waals surface area contributed by atoms with Crippen LogP contribution in [0.1, 0.15) is 19.8 Å². The molecule has 0 bridgehead atoms. The number of nitrogens with zero attached hydrogens (tertiary/aromatic N) is 1. The zero-order valence-electron chi connectivity index (χ0n) is 8.36. The molecule has 0 aliphatic carbocycles. The molecule has 0 aromatic carbocycles. The van der Waals surface area contributed by atoms with E-state index in [1.165, 1.54) is 11.3 Å². The Morgan fingerprint density at radius 3 is 3.27 bits per heavy atom. The predicted octanol–water partition coefficient (Wildman–Crippen LogP) is 2.43. The molecule has 0 amide bonds. The summed E-state index contributed by atoms with van der Waals surface area (Å²) in [4.78, 5) is 15.7. The average molecular weight is 225 g/mol. The van der Waals surface area contributed by atoms with E-state index < -0.39 is 0 Å². The maximum absolute atomic E-state index is 11.4. The largest absolute Gasteiger partial charge is 0.450 e. The van der Waals surface area contributed by atoms with Crippen molar-refractivity contribution in [1.82, 2.24) is 4.98 Å². The number of thiophene rings is 1. The van der Waals surface area contributed by atoms with Gasteiger partial charge in [-0.05, 0) is 17.9 Å². The lowest BCUT2D eigenvalue weighted by Crippen LogP contribution is -2.08. The van der Waals surface area contributed by atoms with E-state index in [1.54, 1.807) is 11.4 Å². The molecule has 4 nitrogen and oxygen atoms in total. The van der Waals surface area contributed by atoms with E-state index in [-0.39, 0.29) is 11.6 Å². The molecule has 0 atom stereocenters. The molecule has 0 saturated carbocycles. The van der Waals surface area contributed by atoms with Crippen LogP contribution in [-0.2, 0) is 0 Å². The van der Waals surface area contributed by atoms with Crippen LogP contribution in [0.3, 0.4) is 0 Å². The van der Waals surface area contributed by atoms with Crippen molar-refractivity contribution in [3.8, 4) is 6.08 Å². The zero-order valence-corrected chi connectivity index (χ0v) is 9.17. The van der Waals surface area contributed by atoms with Crippen molar-refractivity contribution >= 4 is 21.6 Å². The van der Waals surface area contributed by atoms with E-state index in [0.717, 1.165) is 12.8 Å². The first-order valence-electron chi connectivity index (χ1n) is 4.82. The number of fused-ring (bicyclic) bond motifs is 1. The monoisotopic (exact) mass is 225 g/mol. The number of unbranched alkanes of at least 4 members (excludes halogenated alkanes) is 1. The molecule has 0 unspecified atom stereocenters. The third kappa shape index (κ3) is 2.18. The minimum atomic E-state index is -0.288. The van der Waals surface area contributed by atoms with Gasteiger partial charge in [0.05, 0.1) is 12.0 Å². The summed E-state index contributed by atoms with van der Waals surface area (Å²) in [7, 11) is 0. The van der Waals surface area contributed by atoms with Crippen molar-refractivity contribution < 1.29 is 9.15 Å². The minimum Gasteiger partial charge on any atom is -0.450 e. The summed E-state index contributed by atoms with van der Waals surface area (Å²) in [5.74, 6) is 0. The molecule has 0 spiro atoms. The second-order valence-electron chi connectivity index (χ2n) is 3.11. The first kappa shape index (κ1) is 10.2. The third-order valence-electron chi connectivity index (χ3n) is 1.96. The highest BCUT2D eigenvalue weighted by molar-refractivity contribution is 7.16. The van der Waals surface area contributed by atoms with E-state index in [9.17, 15) is 4.79 Å². The van der Waals surface area contributed by atoms with Gasteiger partial charge in [0, 0.05) is 0 Å². The number of ether oxygens (including phenoxy) is 1. The highest BCUT2D eigenvalue weighted by Crippen LogP contribution is 2.20. The van der Waals surface area contributed by atoms with Crippen LogP contribution in [-0.4, -0.2) is 11.6 Å². The average Bonchev–Trinajstić information content (AvgIpc) is 2.66. The zero-order chi connectivity index (χ0) is 10.7. The number of rotatable bonds is 4. The van der Waals surface area contributed by atoms with Crippen LogP contribution in [0, 0.1) is 0 Å². The summed E-state index contributed by atoms with van der Waals surface area (Å²) >= 11 is 1.37. The van der Waals surface area contributed by atoms with Crippen LogP contribution in [0.15, 0.2) is 20.7 Å². The Kier molecular flexibility index (Phi) is 3.01. The first-order chi connectivity index (χ1) is 7.31. The van der Waals surface area contributed by atoms with Gasteiger partial charge in [-0.15, -0.1) is 16.3 Å². The quantitative estimate of drug-likeness (QED) is 0.750. The van der Waals surface area contributed by atoms with Crippen LogP contribution >= 0.6 is 11.3 Å². The SMILES string of the molecule is CCCCOc1nc(=O)c2ccsc2o1. The Balaban J connectivity index is 2.25. The topological polar surface area (TPSA) is 52.3 Å². The molecule has 0 aliphatic rings. The van der Waals surface area contributed by atoms with Crippen molar-refractivity contribution in [2.75, 3.05) is 6.61 Å². The fourth-order valence-corrected chi connectivity index (χ4v) is 1.87. The third-order valence-corrected chi connectivity index (χ3v) is 2.75. The predicted molar refractivity (Wildman–Crippen MR) is 58.6 cm³/mol. The van der Waals surface area contributed by atoms with Crippen molar-refractivity contribution in [2.45, 2.75) is 19.8 Å². The molecule has 2 heterocycles. The molecule has 0 saturated heterocycles. The Bertz CT molecular complexity index is 503. The van der Waals surface area contributed by atoms with Crippen LogP contribution in [0.25, 0.3) is 10.3 Å². The van der Waals surface area contributed by atoms with E-state index in [2.05, 4.69) is 11.9 Å². The molecule has 0 radical (unpaired) electrons. The molecule has 0 fully saturated rings. The number of hydrogen-bond acceptors (Lipinski definition) is 5. The second-order valence-corrected chi connectivity index (χ2v) is 3.99. The fourth-order valence-electron chi connectivity index (χ4n) is 1.14. The second kappa shape index (κ2) is 4.44. The molecule has 2 aromatic rings. The highest BCUT2D eigenvalue weighted by atomic mass is 32.1. The molecular weight excluding hydrogens is 214 g/mol. The number of hydrogen-bond donors (Lipinski definition) is 0. The normalized spacial score (nSPS) is 10.7. The van der Waals surface area contributed by atoms with E-state index >= 15 is 0 Å². The molecule has 0 aliphatic heterocycles. The minimum absolute atomic E-state index is 0.0726. The smallest absolute Gasteiger partial charge is 0.398 e. The van der Waals surface area contributed by atoms with Crippen molar-refractivity contribution in [3.05, 3.63) is 21.8 Å². The summed E-state index contributed by atoms with van der Waals surface area (Å²) in [6.45, 7) is 2.60. The van der Waals surface area contributed by atoms with Gasteiger partial charge in [0.15, 0.2) is 4.90 Å². The Morgan fingerprint density at radius 1 is 1.60 bits per heavy atom. The van der Waals surface area contributed by atoms with Gasteiger partial charge in [-0.2, -0.15) is 0 Å². The molecule has 2 aromatic heterocycles. The fraction of sp³-hybridized carbons (Fsp3) is 0.400. The van der Waals surface area contributed by atoms with Gasteiger partial charge in [0.1, 0.15) is 0 Å². The van der Waals surface area contributed by atoms with Gasteiger partial charge in [-0.25, -0.2) is 0 Å².